The molecular weight excluding hydrogens is 252 g/mol. The van der Waals surface area contributed by atoms with Crippen molar-refractivity contribution >= 4 is 0 Å². The third-order valence-electron chi connectivity index (χ3n) is 3.09. The molecule has 0 aliphatic rings. The summed E-state index contributed by atoms with van der Waals surface area (Å²) in [6, 6.07) is 3.78. The standard InChI is InChI=1S/C17H26O3/c1-6-10-20-16-9-8-14(15(18)11-12(3)4)17(13(16)5)19-7-2/h6,8-9,12,15,18H,1,7,10-11H2,2-5H3. The van der Waals surface area contributed by atoms with E-state index in [1.807, 2.05) is 26.0 Å². The zero-order chi connectivity index (χ0) is 15.1. The molecule has 1 unspecified atom stereocenters. The lowest BCUT2D eigenvalue weighted by atomic mass is 9.97. The van der Waals surface area contributed by atoms with Crippen molar-refractivity contribution in [2.45, 2.75) is 40.2 Å². The van der Waals surface area contributed by atoms with Gasteiger partial charge in [-0.3, -0.25) is 0 Å². The molecule has 0 amide bonds. The molecule has 0 fully saturated rings. The molecule has 0 spiro atoms. The molecule has 0 aromatic heterocycles. The molecule has 0 aliphatic heterocycles. The van der Waals surface area contributed by atoms with E-state index in [0.29, 0.717) is 25.6 Å². The van der Waals surface area contributed by atoms with Gasteiger partial charge in [0.1, 0.15) is 18.1 Å². The quantitative estimate of drug-likeness (QED) is 0.729. The van der Waals surface area contributed by atoms with Crippen LogP contribution in [0, 0.1) is 12.8 Å². The molecule has 3 nitrogen and oxygen atoms in total. The molecule has 1 atom stereocenters. The smallest absolute Gasteiger partial charge is 0.131 e. The van der Waals surface area contributed by atoms with E-state index in [9.17, 15) is 5.11 Å². The van der Waals surface area contributed by atoms with E-state index >= 15 is 0 Å². The Hall–Kier alpha value is -1.48. The SMILES string of the molecule is C=CCOc1ccc(C(O)CC(C)C)c(OCC)c1C. The fraction of sp³-hybridized carbons (Fsp3) is 0.529. The maximum Gasteiger partial charge on any atom is 0.131 e. The number of benzene rings is 1. The van der Waals surface area contributed by atoms with Crippen LogP contribution in [0.2, 0.25) is 0 Å². The summed E-state index contributed by atoms with van der Waals surface area (Å²) in [4.78, 5) is 0. The summed E-state index contributed by atoms with van der Waals surface area (Å²) in [5.41, 5.74) is 1.76. The van der Waals surface area contributed by atoms with Crippen LogP contribution in [0.5, 0.6) is 11.5 Å². The minimum Gasteiger partial charge on any atom is -0.493 e. The van der Waals surface area contributed by atoms with E-state index in [0.717, 1.165) is 22.6 Å². The van der Waals surface area contributed by atoms with Gasteiger partial charge in [0.2, 0.25) is 0 Å². The van der Waals surface area contributed by atoms with Gasteiger partial charge in [0.05, 0.1) is 12.7 Å². The van der Waals surface area contributed by atoms with Crippen molar-refractivity contribution in [3.8, 4) is 11.5 Å². The summed E-state index contributed by atoms with van der Waals surface area (Å²) >= 11 is 0. The molecule has 1 rings (SSSR count). The zero-order valence-electron chi connectivity index (χ0n) is 13.0. The first-order chi connectivity index (χ1) is 9.51. The Balaban J connectivity index is 3.11. The van der Waals surface area contributed by atoms with Gasteiger partial charge in [-0.05, 0) is 38.3 Å². The molecule has 1 N–H and O–H groups in total. The highest BCUT2D eigenvalue weighted by Gasteiger charge is 2.19. The second-order valence-electron chi connectivity index (χ2n) is 5.29. The topological polar surface area (TPSA) is 38.7 Å². The van der Waals surface area contributed by atoms with Crippen molar-refractivity contribution in [1.29, 1.82) is 0 Å². The third kappa shape index (κ3) is 4.27. The van der Waals surface area contributed by atoms with Gasteiger partial charge in [0.15, 0.2) is 0 Å². The molecule has 3 heteroatoms. The van der Waals surface area contributed by atoms with Crippen LogP contribution >= 0.6 is 0 Å². The van der Waals surface area contributed by atoms with Crippen molar-refractivity contribution in [2.75, 3.05) is 13.2 Å². The molecule has 0 radical (unpaired) electrons. The summed E-state index contributed by atoms with van der Waals surface area (Å²) in [6.07, 6.45) is 1.91. The van der Waals surface area contributed by atoms with Crippen LogP contribution < -0.4 is 9.47 Å². The number of aliphatic hydroxyl groups is 1. The van der Waals surface area contributed by atoms with Gasteiger partial charge < -0.3 is 14.6 Å². The first-order valence-electron chi connectivity index (χ1n) is 7.19. The zero-order valence-corrected chi connectivity index (χ0v) is 13.0. The summed E-state index contributed by atoms with van der Waals surface area (Å²) in [7, 11) is 0. The number of rotatable bonds is 8. The summed E-state index contributed by atoms with van der Waals surface area (Å²) < 4.78 is 11.3. The van der Waals surface area contributed by atoms with Crippen LogP contribution in [-0.4, -0.2) is 18.3 Å². The summed E-state index contributed by atoms with van der Waals surface area (Å²) in [5, 5.41) is 10.4. The molecule has 112 valence electrons. The Bertz CT molecular complexity index is 438. The van der Waals surface area contributed by atoms with Crippen LogP contribution in [0.3, 0.4) is 0 Å². The molecule has 1 aromatic rings. The predicted molar refractivity (Wildman–Crippen MR) is 82.5 cm³/mol. The fourth-order valence-corrected chi connectivity index (χ4v) is 2.17. The Labute approximate surface area is 122 Å². The van der Waals surface area contributed by atoms with Gasteiger partial charge in [-0.1, -0.05) is 26.5 Å². The maximum atomic E-state index is 10.4. The van der Waals surface area contributed by atoms with Crippen LogP contribution in [0.1, 0.15) is 44.4 Å². The lowest BCUT2D eigenvalue weighted by Gasteiger charge is -2.20. The lowest BCUT2D eigenvalue weighted by molar-refractivity contribution is 0.146. The minimum absolute atomic E-state index is 0.427. The Morgan fingerprint density at radius 1 is 1.30 bits per heavy atom. The van der Waals surface area contributed by atoms with Gasteiger partial charge in [0, 0.05) is 11.1 Å². The van der Waals surface area contributed by atoms with E-state index in [-0.39, 0.29) is 0 Å². The average molecular weight is 278 g/mol. The summed E-state index contributed by atoms with van der Waals surface area (Å²) in [6.45, 7) is 12.8. The van der Waals surface area contributed by atoms with Gasteiger partial charge in [0.25, 0.3) is 0 Å². The minimum atomic E-state index is -0.510. The molecule has 0 heterocycles. The molecule has 20 heavy (non-hydrogen) atoms. The van der Waals surface area contributed by atoms with E-state index in [1.165, 1.54) is 0 Å². The van der Waals surface area contributed by atoms with Crippen molar-refractivity contribution in [1.82, 2.24) is 0 Å². The monoisotopic (exact) mass is 278 g/mol. The molecule has 1 aromatic carbocycles. The average Bonchev–Trinajstić information content (AvgIpc) is 2.39. The number of aliphatic hydroxyl groups excluding tert-OH is 1. The first kappa shape index (κ1) is 16.6. The van der Waals surface area contributed by atoms with Gasteiger partial charge >= 0.3 is 0 Å². The van der Waals surface area contributed by atoms with Crippen molar-refractivity contribution in [3.63, 3.8) is 0 Å². The van der Waals surface area contributed by atoms with Crippen molar-refractivity contribution < 1.29 is 14.6 Å². The fourth-order valence-electron chi connectivity index (χ4n) is 2.17. The third-order valence-corrected chi connectivity index (χ3v) is 3.09. The Morgan fingerprint density at radius 2 is 2.00 bits per heavy atom. The van der Waals surface area contributed by atoms with Crippen LogP contribution in [0.25, 0.3) is 0 Å². The highest BCUT2D eigenvalue weighted by molar-refractivity contribution is 5.50. The molecule has 0 aliphatic carbocycles. The second kappa shape index (κ2) is 7.95. The predicted octanol–water partition coefficient (Wildman–Crippen LogP) is 4.04. The van der Waals surface area contributed by atoms with E-state index in [1.54, 1.807) is 6.08 Å². The maximum absolute atomic E-state index is 10.4. The second-order valence-corrected chi connectivity index (χ2v) is 5.29. The van der Waals surface area contributed by atoms with Crippen molar-refractivity contribution in [3.05, 3.63) is 35.9 Å². The highest BCUT2D eigenvalue weighted by Crippen LogP contribution is 2.37. The van der Waals surface area contributed by atoms with Crippen LogP contribution in [0.15, 0.2) is 24.8 Å². The van der Waals surface area contributed by atoms with E-state index < -0.39 is 6.10 Å². The largest absolute Gasteiger partial charge is 0.493 e. The van der Waals surface area contributed by atoms with Crippen LogP contribution in [0.4, 0.5) is 0 Å². The normalized spacial score (nSPS) is 12.3. The van der Waals surface area contributed by atoms with Gasteiger partial charge in [-0.15, -0.1) is 0 Å². The molecular formula is C17H26O3. The lowest BCUT2D eigenvalue weighted by Crippen LogP contribution is -2.08. The van der Waals surface area contributed by atoms with Gasteiger partial charge in [-0.25, -0.2) is 0 Å². The number of hydrogen-bond acceptors (Lipinski definition) is 3. The van der Waals surface area contributed by atoms with E-state index in [4.69, 9.17) is 9.47 Å². The molecule has 0 bridgehead atoms. The number of hydrogen-bond donors (Lipinski definition) is 1. The van der Waals surface area contributed by atoms with E-state index in [2.05, 4.69) is 20.4 Å². The van der Waals surface area contributed by atoms with Crippen molar-refractivity contribution in [2.24, 2.45) is 5.92 Å². The Morgan fingerprint density at radius 3 is 2.55 bits per heavy atom. The highest BCUT2D eigenvalue weighted by atomic mass is 16.5. The molecule has 0 saturated carbocycles. The first-order valence-corrected chi connectivity index (χ1v) is 7.19. The summed E-state index contributed by atoms with van der Waals surface area (Å²) in [5.74, 6) is 1.94. The molecule has 0 saturated heterocycles. The van der Waals surface area contributed by atoms with Crippen LogP contribution in [-0.2, 0) is 0 Å². The number of ether oxygens (including phenoxy) is 2. The Kier molecular flexibility index (Phi) is 6.59. The van der Waals surface area contributed by atoms with Gasteiger partial charge in [-0.2, -0.15) is 0 Å².